The maximum absolute atomic E-state index is 14.4. The van der Waals surface area contributed by atoms with Gasteiger partial charge in [-0.1, -0.05) is 132 Å². The predicted molar refractivity (Wildman–Crippen MR) is 423 cm³/mol. The second-order valence-electron chi connectivity index (χ2n) is 30.2. The number of carbonyl (C=O) groups is 5. The van der Waals surface area contributed by atoms with Gasteiger partial charge in [0.15, 0.2) is 0 Å². The van der Waals surface area contributed by atoms with E-state index in [2.05, 4.69) is 41.0 Å². The lowest BCUT2D eigenvalue weighted by molar-refractivity contribution is -0.144. The summed E-state index contributed by atoms with van der Waals surface area (Å²) in [6.45, 7) is 18.1. The van der Waals surface area contributed by atoms with Crippen LogP contribution in [0.5, 0.6) is 0 Å². The van der Waals surface area contributed by atoms with Crippen molar-refractivity contribution >= 4 is 101 Å². The highest BCUT2D eigenvalue weighted by Crippen LogP contribution is 2.44. The van der Waals surface area contributed by atoms with E-state index in [-0.39, 0.29) is 48.7 Å². The Morgan fingerprint density at radius 1 is 0.798 bits per heavy atom. The summed E-state index contributed by atoms with van der Waals surface area (Å²) in [5, 5.41) is 23.7. The van der Waals surface area contributed by atoms with E-state index in [0.717, 1.165) is 88.5 Å². The van der Waals surface area contributed by atoms with Gasteiger partial charge in [0.1, 0.15) is 17.0 Å². The molecule has 3 saturated heterocycles. The number of likely N-dealkylation sites (tertiary alicyclic amines) is 1. The van der Waals surface area contributed by atoms with E-state index in [9.17, 15) is 59.1 Å². The van der Waals surface area contributed by atoms with Gasteiger partial charge in [0.2, 0.25) is 23.6 Å². The topological polar surface area (TPSA) is 269 Å². The Morgan fingerprint density at radius 2 is 1.46 bits per heavy atom. The summed E-state index contributed by atoms with van der Waals surface area (Å²) in [4.78, 5) is 81.5. The summed E-state index contributed by atoms with van der Waals surface area (Å²) in [6, 6.07) is 31.0. The average molecular weight is 1600 g/mol. The number of aryl methyl sites for hydroxylation is 1. The van der Waals surface area contributed by atoms with Crippen LogP contribution in [0.2, 0.25) is 5.02 Å². The number of hydrogen-bond donors (Lipinski definition) is 6. The number of benzene rings is 5. The zero-order valence-corrected chi connectivity index (χ0v) is 66.8. The fourth-order valence-corrected chi connectivity index (χ4v) is 18.4. The van der Waals surface area contributed by atoms with Crippen molar-refractivity contribution < 1.29 is 63.8 Å². The van der Waals surface area contributed by atoms with Crippen LogP contribution >= 0.6 is 34.7 Å². The number of nitrogens with zero attached hydrogens (tertiary/aromatic N) is 5. The molecule has 109 heavy (non-hydrogen) atoms. The number of morpholine rings is 1. The van der Waals surface area contributed by atoms with Crippen molar-refractivity contribution in [3.63, 3.8) is 0 Å². The number of piperazine rings is 1. The number of unbranched alkanes of at least 4 members (excludes halogenated alkanes) is 6. The number of aliphatic hydroxyl groups is 1. The Bertz CT molecular complexity index is 4370. The smallest absolute Gasteiger partial charge is 0.391 e. The first kappa shape index (κ1) is 84.0. The van der Waals surface area contributed by atoms with Gasteiger partial charge in [-0.05, 0) is 147 Å². The van der Waals surface area contributed by atoms with Crippen molar-refractivity contribution in [2.24, 2.45) is 10.8 Å². The summed E-state index contributed by atoms with van der Waals surface area (Å²) >= 11 is 9.35. The number of allylic oxidation sites excluding steroid dienone is 1. The molecule has 4 aliphatic rings. The molecule has 3 aliphatic heterocycles. The van der Waals surface area contributed by atoms with E-state index in [4.69, 9.17) is 16.3 Å². The average Bonchev–Trinajstić information content (AvgIpc) is 1.41. The second-order valence-corrected chi connectivity index (χ2v) is 36.2. The third-order valence-electron chi connectivity index (χ3n) is 20.9. The highest BCUT2D eigenvalue weighted by atomic mass is 35.5. The first-order chi connectivity index (χ1) is 51.8. The minimum atomic E-state index is -6.11. The number of carbonyl (C=O) groups excluding carboxylic acids is 5. The number of amides is 5. The molecule has 1 unspecified atom stereocenters. The molecule has 5 amide bonds. The lowest BCUT2D eigenvalue weighted by Crippen LogP contribution is -2.57. The molecule has 0 radical (unpaired) electrons. The van der Waals surface area contributed by atoms with Crippen molar-refractivity contribution in [2.75, 3.05) is 94.6 Å². The number of rotatable bonds is 33. The molecule has 590 valence electrons. The molecule has 4 heterocycles. The van der Waals surface area contributed by atoms with Crippen LogP contribution in [-0.4, -0.2) is 185 Å². The van der Waals surface area contributed by atoms with E-state index in [1.807, 2.05) is 131 Å². The minimum absolute atomic E-state index is 0.0125. The van der Waals surface area contributed by atoms with Crippen LogP contribution in [0, 0.1) is 17.8 Å². The molecule has 0 bridgehead atoms. The third kappa shape index (κ3) is 22.7. The van der Waals surface area contributed by atoms with Crippen molar-refractivity contribution in [1.82, 2.24) is 40.4 Å². The highest BCUT2D eigenvalue weighted by molar-refractivity contribution is 7.99. The number of hydrogen-bond acceptors (Lipinski definition) is 18. The zero-order chi connectivity index (χ0) is 78.3. The number of β-amino-alcohol motifs (C(OH)–C–C–N with tert-alkyl or cyclic N) is 1. The fraction of sp³-hybridized carbons (Fsp3) is 0.500. The van der Waals surface area contributed by atoms with Gasteiger partial charge in [-0.25, -0.2) is 26.5 Å². The number of thioether (sulfide) groups is 1. The lowest BCUT2D eigenvalue weighted by atomic mass is 9.70. The van der Waals surface area contributed by atoms with Gasteiger partial charge in [-0.2, -0.15) is 13.2 Å². The van der Waals surface area contributed by atoms with E-state index >= 15 is 0 Å². The van der Waals surface area contributed by atoms with Crippen LogP contribution in [0.3, 0.4) is 0 Å². The number of nitrogens with one attached hydrogen (secondary N) is 5. The number of thiazole rings is 1. The minimum Gasteiger partial charge on any atom is -0.391 e. The molecule has 1 aliphatic carbocycles. The number of ether oxygens (including phenoxy) is 1. The van der Waals surface area contributed by atoms with Crippen molar-refractivity contribution in [1.29, 1.82) is 0 Å². The standard InChI is InChI=1S/C80H102ClF3N10O11S4/c1-54(56-20-22-58(23-21-56)72-55(2)86-53-107-72)87-75(98)69-47-64(95)51-94(69)76(99)73(78(3,4)5)89-71(96)19-15-10-8-7-9-11-16-37-85-77(100)79(6)36-34-67(57-24-28-61(81)29-25-57)60(49-79)50-92-39-41-93(42-40-92)63-30-26-59(27-31-63)74(97)90-109(103,104)66-32-33-68(70(48-66)108(101,102)80(82,83)84)88-62(35-38-91-43-45-105-46-44-91)52-106-65-17-13-12-14-18-65/h12-14,17-18,20-33,48,53-54,62,64,69,73,88,95H,7-11,15-16,19,34-47,49-52H2,1-6H3,(H,85,100)(H,87,98)(H,89,96)(H,90,97)/t54-,62+,64+,69-,73+,79?/m0/s1. The van der Waals surface area contributed by atoms with Gasteiger partial charge >= 0.3 is 5.51 Å². The SMILES string of the molecule is Cc1ncsc1-c1ccc([C@H](C)NC(=O)[C@@H]2C[C@@H](O)CN2C(=O)[C@@H](NC(=O)CCCCCCCCCNC(=O)C2(C)CCC(c3ccc(Cl)cc3)=C(CN3CCN(c4ccc(C(=O)NS(=O)(=O)c5ccc(N[C@H](CCN6CCOCC6)CSc6ccccc6)c(S(=O)(=O)C(F)(F)F)c5)cc4)CC3)C2)C(C)(C)C)cc1. The Morgan fingerprint density at radius 3 is 2.11 bits per heavy atom. The molecule has 3 fully saturated rings. The van der Waals surface area contributed by atoms with Gasteiger partial charge in [0.25, 0.3) is 25.8 Å². The summed E-state index contributed by atoms with van der Waals surface area (Å²) in [5.74, 6) is -1.73. The zero-order valence-electron chi connectivity index (χ0n) is 62.8. The molecule has 1 aromatic heterocycles. The number of aromatic nitrogens is 1. The van der Waals surface area contributed by atoms with Crippen molar-refractivity contribution in [3.8, 4) is 10.4 Å². The van der Waals surface area contributed by atoms with Gasteiger partial charge in [-0.3, -0.25) is 33.8 Å². The summed E-state index contributed by atoms with van der Waals surface area (Å²) in [7, 11) is -11.0. The first-order valence-corrected chi connectivity index (χ1v) is 42.7. The molecular weight excluding hydrogens is 1500 g/mol. The largest absolute Gasteiger partial charge is 0.501 e. The van der Waals surface area contributed by atoms with Crippen LogP contribution in [0.15, 0.2) is 147 Å². The predicted octanol–water partition coefficient (Wildman–Crippen LogP) is 12.9. The van der Waals surface area contributed by atoms with Crippen LogP contribution in [0.4, 0.5) is 24.5 Å². The highest BCUT2D eigenvalue weighted by Gasteiger charge is 2.49. The van der Waals surface area contributed by atoms with E-state index in [0.29, 0.717) is 121 Å². The lowest BCUT2D eigenvalue weighted by Gasteiger charge is -2.40. The van der Waals surface area contributed by atoms with Gasteiger partial charge in [0, 0.05) is 111 Å². The van der Waals surface area contributed by atoms with E-state index in [1.54, 1.807) is 23.5 Å². The summed E-state index contributed by atoms with van der Waals surface area (Å²) < 4.78 is 105. The summed E-state index contributed by atoms with van der Waals surface area (Å²) in [6.07, 6.45) is 7.88. The monoisotopic (exact) mass is 1600 g/mol. The normalized spacial score (nSPS) is 19.3. The number of alkyl halides is 3. The quantitative estimate of drug-likeness (QED) is 0.0165. The number of sulfonamides is 1. The number of anilines is 2. The Balaban J connectivity index is 0.658. The molecule has 6 aromatic rings. The number of sulfone groups is 1. The summed E-state index contributed by atoms with van der Waals surface area (Å²) in [5.41, 5.74) is 1.30. The molecule has 0 spiro atoms. The number of halogens is 4. The molecule has 5 aromatic carbocycles. The second kappa shape index (κ2) is 37.7. The molecule has 6 atom stereocenters. The Labute approximate surface area is 652 Å². The molecular formula is C80H102ClF3N10O11S4. The van der Waals surface area contributed by atoms with Crippen molar-refractivity contribution in [2.45, 2.75) is 175 Å². The molecule has 21 nitrogen and oxygen atoms in total. The third-order valence-corrected chi connectivity index (χ3v) is 26.2. The maximum atomic E-state index is 14.4. The van der Waals surface area contributed by atoms with Crippen LogP contribution < -0.4 is 30.9 Å². The van der Waals surface area contributed by atoms with Crippen LogP contribution in [0.1, 0.15) is 151 Å². The molecule has 6 N–H and O–H groups in total. The first-order valence-electron chi connectivity index (χ1n) is 37.5. The fourth-order valence-electron chi connectivity index (χ4n) is 14.5. The molecule has 29 heteroatoms. The van der Waals surface area contributed by atoms with Crippen molar-refractivity contribution in [3.05, 3.63) is 160 Å². The van der Waals surface area contributed by atoms with Gasteiger partial charge in [-0.15, -0.1) is 23.1 Å². The Kier molecular flexibility index (Phi) is 29.1. The molecule has 0 saturated carbocycles. The van der Waals surface area contributed by atoms with Gasteiger partial charge < -0.3 is 40.9 Å². The number of aliphatic hydroxyl groups excluding tert-OH is 1. The van der Waals surface area contributed by atoms with Crippen LogP contribution in [0.25, 0.3) is 16.0 Å². The maximum Gasteiger partial charge on any atom is 0.501 e. The van der Waals surface area contributed by atoms with E-state index in [1.165, 1.54) is 39.9 Å². The molecule has 10 rings (SSSR count). The van der Waals surface area contributed by atoms with E-state index < -0.39 is 87.7 Å². The van der Waals surface area contributed by atoms with Crippen LogP contribution in [-0.2, 0) is 43.8 Å². The van der Waals surface area contributed by atoms with Gasteiger partial charge in [0.05, 0.1) is 57.4 Å². The Hall–Kier alpha value is -7.41.